The first-order valence-electron chi connectivity index (χ1n) is 5.21. The Morgan fingerprint density at radius 1 is 1.56 bits per heavy atom. The van der Waals surface area contributed by atoms with Crippen molar-refractivity contribution in [1.82, 2.24) is 0 Å². The van der Waals surface area contributed by atoms with Crippen LogP contribution in [0.4, 0.5) is 0 Å². The van der Waals surface area contributed by atoms with E-state index < -0.39 is 12.0 Å². The summed E-state index contributed by atoms with van der Waals surface area (Å²) in [5.41, 5.74) is 5.56. The number of carboxylic acid groups (broad SMARTS) is 1. The van der Waals surface area contributed by atoms with Gasteiger partial charge < -0.3 is 15.6 Å². The summed E-state index contributed by atoms with van der Waals surface area (Å²) in [5, 5.41) is 8.79. The Kier molecular flexibility index (Phi) is 12.2. The molecular formula is C11H22ClNO3. The van der Waals surface area contributed by atoms with Gasteiger partial charge in [0.05, 0.1) is 6.61 Å². The van der Waals surface area contributed by atoms with Gasteiger partial charge in [0.2, 0.25) is 0 Å². The number of unbranched alkanes of at least 4 members (excludes halogenated alkanes) is 2. The number of nitrogens with two attached hydrogens (primary N) is 1. The average Bonchev–Trinajstić information content (AvgIpc) is 2.21. The summed E-state index contributed by atoms with van der Waals surface area (Å²) in [6.07, 6.45) is 5.59. The van der Waals surface area contributed by atoms with Crippen LogP contribution in [0, 0.1) is 5.92 Å². The molecule has 16 heavy (non-hydrogen) atoms. The summed E-state index contributed by atoms with van der Waals surface area (Å²) in [5.74, 6) is -1.06. The number of rotatable bonds is 9. The van der Waals surface area contributed by atoms with Crippen LogP contribution >= 0.6 is 12.4 Å². The van der Waals surface area contributed by atoms with Crippen LogP contribution in [0.2, 0.25) is 0 Å². The molecule has 0 bridgehead atoms. The van der Waals surface area contributed by atoms with E-state index in [1.807, 2.05) is 6.08 Å². The van der Waals surface area contributed by atoms with Gasteiger partial charge in [-0.3, -0.25) is 4.79 Å². The number of ether oxygens (including phenoxy) is 1. The lowest BCUT2D eigenvalue weighted by atomic mass is 9.94. The highest BCUT2D eigenvalue weighted by molar-refractivity contribution is 5.85. The normalized spacial score (nSPS) is 13.6. The number of aliphatic carboxylic acids is 1. The predicted molar refractivity (Wildman–Crippen MR) is 66.9 cm³/mol. The van der Waals surface area contributed by atoms with Gasteiger partial charge >= 0.3 is 5.97 Å². The standard InChI is InChI=1S/C11H21NO3.ClH/c1-3-4-5-6-7-9(8-15-2)10(12)11(13)14;/h3,9-10H,1,4-8,12H2,2H3,(H,13,14);1H. The molecule has 0 aliphatic carbocycles. The predicted octanol–water partition coefficient (Wildman–Crippen LogP) is 1.83. The van der Waals surface area contributed by atoms with E-state index in [9.17, 15) is 4.79 Å². The number of carbonyl (C=O) groups is 1. The van der Waals surface area contributed by atoms with Crippen molar-refractivity contribution in [2.24, 2.45) is 11.7 Å². The van der Waals surface area contributed by atoms with E-state index in [0.29, 0.717) is 6.61 Å². The molecule has 0 rings (SSSR count). The highest BCUT2D eigenvalue weighted by Crippen LogP contribution is 2.13. The van der Waals surface area contributed by atoms with Gasteiger partial charge in [-0.05, 0) is 19.3 Å². The van der Waals surface area contributed by atoms with Gasteiger partial charge in [-0.15, -0.1) is 19.0 Å². The Balaban J connectivity index is 0. The Bertz CT molecular complexity index is 200. The molecule has 0 aromatic rings. The number of carboxylic acids is 1. The molecule has 2 unspecified atom stereocenters. The average molecular weight is 252 g/mol. The molecule has 0 aromatic carbocycles. The van der Waals surface area contributed by atoms with Crippen molar-refractivity contribution in [1.29, 1.82) is 0 Å². The van der Waals surface area contributed by atoms with Crippen molar-refractivity contribution in [3.8, 4) is 0 Å². The Hall–Kier alpha value is -0.580. The van der Waals surface area contributed by atoms with Crippen molar-refractivity contribution in [2.45, 2.75) is 31.7 Å². The first-order valence-corrected chi connectivity index (χ1v) is 5.21. The fourth-order valence-electron chi connectivity index (χ4n) is 1.48. The fraction of sp³-hybridized carbons (Fsp3) is 0.727. The zero-order chi connectivity index (χ0) is 11.7. The quantitative estimate of drug-likeness (QED) is 0.484. The molecule has 0 aromatic heterocycles. The third-order valence-electron chi connectivity index (χ3n) is 2.41. The summed E-state index contributed by atoms with van der Waals surface area (Å²) < 4.78 is 4.97. The van der Waals surface area contributed by atoms with Crippen LogP contribution in [-0.4, -0.2) is 30.8 Å². The van der Waals surface area contributed by atoms with Crippen molar-refractivity contribution < 1.29 is 14.6 Å². The molecule has 2 atom stereocenters. The minimum Gasteiger partial charge on any atom is -0.480 e. The summed E-state index contributed by atoms with van der Waals surface area (Å²) >= 11 is 0. The maximum atomic E-state index is 10.7. The van der Waals surface area contributed by atoms with Crippen molar-refractivity contribution in [3.05, 3.63) is 12.7 Å². The Labute approximate surface area is 103 Å². The minimum absolute atomic E-state index is 0. The van der Waals surface area contributed by atoms with E-state index in [4.69, 9.17) is 15.6 Å². The summed E-state index contributed by atoms with van der Waals surface area (Å²) in [6, 6.07) is -0.825. The van der Waals surface area contributed by atoms with E-state index in [1.165, 1.54) is 0 Å². The first kappa shape index (κ1) is 17.8. The number of methoxy groups -OCH3 is 1. The summed E-state index contributed by atoms with van der Waals surface area (Å²) in [6.45, 7) is 4.04. The molecule has 0 radical (unpaired) electrons. The van der Waals surface area contributed by atoms with Crippen LogP contribution in [-0.2, 0) is 9.53 Å². The molecular weight excluding hydrogens is 230 g/mol. The van der Waals surface area contributed by atoms with Crippen LogP contribution in [0.15, 0.2) is 12.7 Å². The Morgan fingerprint density at radius 3 is 2.62 bits per heavy atom. The van der Waals surface area contributed by atoms with Crippen molar-refractivity contribution in [2.75, 3.05) is 13.7 Å². The monoisotopic (exact) mass is 251 g/mol. The lowest BCUT2D eigenvalue weighted by molar-refractivity contribution is -0.140. The van der Waals surface area contributed by atoms with E-state index in [1.54, 1.807) is 7.11 Å². The largest absolute Gasteiger partial charge is 0.480 e. The van der Waals surface area contributed by atoms with Crippen LogP contribution in [0.25, 0.3) is 0 Å². The highest BCUT2D eigenvalue weighted by atomic mass is 35.5. The smallest absolute Gasteiger partial charge is 0.320 e. The van der Waals surface area contributed by atoms with Crippen molar-refractivity contribution >= 4 is 18.4 Å². The van der Waals surface area contributed by atoms with Crippen LogP contribution in [0.3, 0.4) is 0 Å². The number of allylic oxidation sites excluding steroid dienone is 1. The lowest BCUT2D eigenvalue weighted by Crippen LogP contribution is -2.40. The topological polar surface area (TPSA) is 72.5 Å². The molecule has 5 heteroatoms. The van der Waals surface area contributed by atoms with Gasteiger partial charge in [0.15, 0.2) is 0 Å². The molecule has 0 saturated carbocycles. The maximum absolute atomic E-state index is 10.7. The second-order valence-electron chi connectivity index (χ2n) is 3.65. The molecule has 0 fully saturated rings. The van der Waals surface area contributed by atoms with Crippen LogP contribution < -0.4 is 5.73 Å². The third kappa shape index (κ3) is 7.68. The Morgan fingerprint density at radius 2 is 2.19 bits per heavy atom. The van der Waals surface area contributed by atoms with Gasteiger partial charge in [0.1, 0.15) is 6.04 Å². The molecule has 0 aliphatic rings. The van der Waals surface area contributed by atoms with Gasteiger partial charge in [0.25, 0.3) is 0 Å². The minimum atomic E-state index is -0.958. The van der Waals surface area contributed by atoms with Crippen molar-refractivity contribution in [3.63, 3.8) is 0 Å². The third-order valence-corrected chi connectivity index (χ3v) is 2.41. The SMILES string of the molecule is C=CCCCCC(COC)C(N)C(=O)O.Cl. The van der Waals surface area contributed by atoms with Crippen LogP contribution in [0.5, 0.6) is 0 Å². The maximum Gasteiger partial charge on any atom is 0.320 e. The lowest BCUT2D eigenvalue weighted by Gasteiger charge is -2.19. The summed E-state index contributed by atoms with van der Waals surface area (Å²) in [4.78, 5) is 10.7. The number of halogens is 1. The molecule has 0 aliphatic heterocycles. The van der Waals surface area contributed by atoms with Gasteiger partial charge in [-0.1, -0.05) is 12.5 Å². The summed E-state index contributed by atoms with van der Waals surface area (Å²) in [7, 11) is 1.56. The van der Waals surface area contributed by atoms with Gasteiger partial charge in [0, 0.05) is 13.0 Å². The van der Waals surface area contributed by atoms with E-state index in [-0.39, 0.29) is 18.3 Å². The van der Waals surface area contributed by atoms with E-state index in [2.05, 4.69) is 6.58 Å². The molecule has 96 valence electrons. The molecule has 4 nitrogen and oxygen atoms in total. The molecule has 0 amide bonds. The zero-order valence-corrected chi connectivity index (χ0v) is 10.5. The second-order valence-corrected chi connectivity index (χ2v) is 3.65. The number of hydrogen-bond donors (Lipinski definition) is 2. The highest BCUT2D eigenvalue weighted by Gasteiger charge is 2.23. The van der Waals surface area contributed by atoms with Gasteiger partial charge in [-0.2, -0.15) is 0 Å². The first-order chi connectivity index (χ1) is 7.13. The van der Waals surface area contributed by atoms with E-state index in [0.717, 1.165) is 25.7 Å². The molecule has 0 spiro atoms. The van der Waals surface area contributed by atoms with Gasteiger partial charge in [-0.25, -0.2) is 0 Å². The molecule has 0 heterocycles. The second kappa shape index (κ2) is 10.9. The van der Waals surface area contributed by atoms with Crippen LogP contribution in [0.1, 0.15) is 25.7 Å². The number of hydrogen-bond acceptors (Lipinski definition) is 3. The van der Waals surface area contributed by atoms with E-state index >= 15 is 0 Å². The molecule has 3 N–H and O–H groups in total. The fourth-order valence-corrected chi connectivity index (χ4v) is 1.48. The molecule has 0 saturated heterocycles. The zero-order valence-electron chi connectivity index (χ0n) is 9.72.